The van der Waals surface area contributed by atoms with Crippen LogP contribution in [0.4, 0.5) is 5.95 Å². The van der Waals surface area contributed by atoms with Crippen molar-refractivity contribution in [3.63, 3.8) is 0 Å². The van der Waals surface area contributed by atoms with E-state index in [1.807, 2.05) is 29.8 Å². The number of fused-ring (bicyclic) bond motifs is 1. The largest absolute Gasteiger partial charge is 0.391 e. The first kappa shape index (κ1) is 17.5. The van der Waals surface area contributed by atoms with Crippen molar-refractivity contribution in [2.75, 3.05) is 24.5 Å². The number of aliphatic hydroxyl groups excluding tert-OH is 1. The van der Waals surface area contributed by atoms with Gasteiger partial charge >= 0.3 is 0 Å². The minimum atomic E-state index is -0.299. The second-order valence-corrected chi connectivity index (χ2v) is 6.96. The van der Waals surface area contributed by atoms with Crippen LogP contribution in [0.3, 0.4) is 0 Å². The van der Waals surface area contributed by atoms with Gasteiger partial charge in [0, 0.05) is 51.1 Å². The second kappa shape index (κ2) is 7.40. The third-order valence-electron chi connectivity index (χ3n) is 5.00. The van der Waals surface area contributed by atoms with E-state index in [4.69, 9.17) is 0 Å². The average Bonchev–Trinajstić information content (AvgIpc) is 3.39. The molecule has 3 aromatic rings. The lowest BCUT2D eigenvalue weighted by atomic mass is 10.2. The second-order valence-electron chi connectivity index (χ2n) is 6.96. The molecule has 0 aliphatic carbocycles. The number of aliphatic hydroxyl groups is 1. The molecule has 8 nitrogen and oxygen atoms in total. The van der Waals surface area contributed by atoms with Crippen molar-refractivity contribution < 1.29 is 9.90 Å². The summed E-state index contributed by atoms with van der Waals surface area (Å²) in [5.41, 5.74) is 2.37. The molecule has 1 atom stereocenters. The van der Waals surface area contributed by atoms with Crippen molar-refractivity contribution in [2.45, 2.75) is 25.4 Å². The van der Waals surface area contributed by atoms with Crippen molar-refractivity contribution in [3.05, 3.63) is 42.0 Å². The Morgan fingerprint density at radius 1 is 1.44 bits per heavy atom. The van der Waals surface area contributed by atoms with Crippen LogP contribution in [-0.4, -0.2) is 56.3 Å². The zero-order valence-electron chi connectivity index (χ0n) is 15.4. The fourth-order valence-corrected chi connectivity index (χ4v) is 3.53. The molecule has 0 bridgehead atoms. The molecule has 3 N–H and O–H groups in total. The number of rotatable bonds is 6. The van der Waals surface area contributed by atoms with Gasteiger partial charge in [-0.3, -0.25) is 4.79 Å². The Morgan fingerprint density at radius 3 is 3.07 bits per heavy atom. The summed E-state index contributed by atoms with van der Waals surface area (Å²) in [6.45, 7) is 1.98. The zero-order chi connectivity index (χ0) is 18.8. The van der Waals surface area contributed by atoms with Crippen LogP contribution in [0.2, 0.25) is 0 Å². The topological polar surface area (TPSA) is 99.1 Å². The monoisotopic (exact) mass is 368 g/mol. The Morgan fingerprint density at radius 2 is 2.33 bits per heavy atom. The summed E-state index contributed by atoms with van der Waals surface area (Å²) >= 11 is 0. The van der Waals surface area contributed by atoms with E-state index in [2.05, 4.69) is 25.2 Å². The molecule has 0 unspecified atom stereocenters. The van der Waals surface area contributed by atoms with Gasteiger partial charge in [-0.05, 0) is 31.0 Å². The quantitative estimate of drug-likeness (QED) is 0.569. The maximum atomic E-state index is 12.4. The van der Waals surface area contributed by atoms with Crippen molar-refractivity contribution in [2.24, 2.45) is 7.05 Å². The summed E-state index contributed by atoms with van der Waals surface area (Å²) in [4.78, 5) is 26.4. The van der Waals surface area contributed by atoms with Gasteiger partial charge in [-0.1, -0.05) is 0 Å². The zero-order valence-corrected chi connectivity index (χ0v) is 15.4. The summed E-state index contributed by atoms with van der Waals surface area (Å²) in [5, 5.41) is 12.7. The number of carbonyl (C=O) groups excluding carboxylic acids is 1. The molecular weight excluding hydrogens is 344 g/mol. The van der Waals surface area contributed by atoms with Crippen LogP contribution in [0, 0.1) is 0 Å². The van der Waals surface area contributed by atoms with Gasteiger partial charge in [0.15, 0.2) is 0 Å². The van der Waals surface area contributed by atoms with E-state index < -0.39 is 0 Å². The van der Waals surface area contributed by atoms with Crippen LogP contribution in [0.25, 0.3) is 11.0 Å². The van der Waals surface area contributed by atoms with E-state index >= 15 is 0 Å². The van der Waals surface area contributed by atoms with Gasteiger partial charge in [0.25, 0.3) is 5.91 Å². The number of amides is 1. The highest BCUT2D eigenvalue weighted by Crippen LogP contribution is 2.25. The Bertz CT molecular complexity index is 933. The Hall–Kier alpha value is -2.87. The average molecular weight is 368 g/mol. The van der Waals surface area contributed by atoms with Gasteiger partial charge in [0.05, 0.1) is 17.1 Å². The van der Waals surface area contributed by atoms with Crippen molar-refractivity contribution >= 4 is 22.9 Å². The number of benzene rings is 1. The van der Waals surface area contributed by atoms with E-state index in [1.54, 1.807) is 12.4 Å². The highest BCUT2D eigenvalue weighted by Gasteiger charge is 2.24. The number of imidazole rings is 2. The SMILES string of the molecule is Cn1c(N2CC[C@H](O)C2)nc2cc(C(=O)NCCCc3ncc[nH]3)ccc21. The van der Waals surface area contributed by atoms with Crippen LogP contribution >= 0.6 is 0 Å². The summed E-state index contributed by atoms with van der Waals surface area (Å²) in [6, 6.07) is 5.58. The lowest BCUT2D eigenvalue weighted by Crippen LogP contribution is -2.24. The molecule has 4 rings (SSSR count). The van der Waals surface area contributed by atoms with E-state index in [1.165, 1.54) is 0 Å². The number of hydrogen-bond donors (Lipinski definition) is 3. The summed E-state index contributed by atoms with van der Waals surface area (Å²) in [5.74, 6) is 1.66. The molecule has 1 saturated heterocycles. The first-order chi connectivity index (χ1) is 13.1. The van der Waals surface area contributed by atoms with E-state index in [0.29, 0.717) is 18.7 Å². The number of aromatic amines is 1. The molecule has 142 valence electrons. The van der Waals surface area contributed by atoms with Crippen molar-refractivity contribution in [1.82, 2.24) is 24.8 Å². The number of nitrogens with one attached hydrogen (secondary N) is 2. The molecule has 1 aromatic carbocycles. The molecule has 8 heteroatoms. The highest BCUT2D eigenvalue weighted by molar-refractivity contribution is 5.97. The third-order valence-corrected chi connectivity index (χ3v) is 5.00. The summed E-state index contributed by atoms with van der Waals surface area (Å²) in [6.07, 6.45) is 5.62. The van der Waals surface area contributed by atoms with Gasteiger partial charge in [-0.25, -0.2) is 9.97 Å². The van der Waals surface area contributed by atoms with Crippen LogP contribution < -0.4 is 10.2 Å². The lowest BCUT2D eigenvalue weighted by Gasteiger charge is -2.16. The third kappa shape index (κ3) is 3.66. The number of aromatic nitrogens is 4. The molecular formula is C19H24N6O2. The first-order valence-corrected chi connectivity index (χ1v) is 9.28. The minimum absolute atomic E-state index is 0.0971. The van der Waals surface area contributed by atoms with E-state index in [0.717, 1.165) is 48.6 Å². The Balaban J connectivity index is 1.42. The molecule has 2 aromatic heterocycles. The van der Waals surface area contributed by atoms with Crippen molar-refractivity contribution in [3.8, 4) is 0 Å². The Labute approximate surface area is 157 Å². The standard InChI is InChI=1S/C19H24N6O2/c1-24-16-5-4-13(18(27)22-7-2-3-17-20-8-9-21-17)11-15(16)23-19(24)25-10-6-14(26)12-25/h4-5,8-9,11,14,26H,2-3,6-7,10,12H2,1H3,(H,20,21)(H,22,27)/t14-/m0/s1. The normalized spacial score (nSPS) is 17.0. The minimum Gasteiger partial charge on any atom is -0.391 e. The number of carbonyl (C=O) groups is 1. The van der Waals surface area contributed by atoms with Crippen LogP contribution in [0.1, 0.15) is 29.0 Å². The molecule has 3 heterocycles. The number of anilines is 1. The highest BCUT2D eigenvalue weighted by atomic mass is 16.3. The van der Waals surface area contributed by atoms with Gasteiger partial charge in [-0.2, -0.15) is 0 Å². The fourth-order valence-electron chi connectivity index (χ4n) is 3.53. The molecule has 0 spiro atoms. The van der Waals surface area contributed by atoms with Gasteiger partial charge in [-0.15, -0.1) is 0 Å². The smallest absolute Gasteiger partial charge is 0.251 e. The maximum absolute atomic E-state index is 12.4. The fraction of sp³-hybridized carbons (Fsp3) is 0.421. The van der Waals surface area contributed by atoms with Gasteiger partial charge in [0.2, 0.25) is 5.95 Å². The number of H-pyrrole nitrogens is 1. The van der Waals surface area contributed by atoms with E-state index in [9.17, 15) is 9.90 Å². The van der Waals surface area contributed by atoms with Crippen LogP contribution in [-0.2, 0) is 13.5 Å². The van der Waals surface area contributed by atoms with Gasteiger partial charge in [0.1, 0.15) is 5.82 Å². The molecule has 0 radical (unpaired) electrons. The van der Waals surface area contributed by atoms with Crippen molar-refractivity contribution in [1.29, 1.82) is 0 Å². The number of aryl methyl sites for hydroxylation is 2. The summed E-state index contributed by atoms with van der Waals surface area (Å²) < 4.78 is 2.01. The summed E-state index contributed by atoms with van der Waals surface area (Å²) in [7, 11) is 1.96. The molecule has 27 heavy (non-hydrogen) atoms. The molecule has 0 saturated carbocycles. The number of β-amino-alcohol motifs (C(OH)–C–C–N with tert-alkyl or cyclic N) is 1. The molecule has 1 fully saturated rings. The predicted molar refractivity (Wildman–Crippen MR) is 103 cm³/mol. The van der Waals surface area contributed by atoms with Crippen LogP contribution in [0.15, 0.2) is 30.6 Å². The molecule has 1 amide bonds. The maximum Gasteiger partial charge on any atom is 0.251 e. The molecule has 1 aliphatic heterocycles. The first-order valence-electron chi connectivity index (χ1n) is 9.28. The number of nitrogens with zero attached hydrogens (tertiary/aromatic N) is 4. The number of hydrogen-bond acceptors (Lipinski definition) is 5. The van der Waals surface area contributed by atoms with E-state index in [-0.39, 0.29) is 12.0 Å². The van der Waals surface area contributed by atoms with Crippen LogP contribution in [0.5, 0.6) is 0 Å². The Kier molecular flexibility index (Phi) is 4.81. The van der Waals surface area contributed by atoms with Gasteiger partial charge < -0.3 is 24.9 Å². The molecule has 1 aliphatic rings. The predicted octanol–water partition coefficient (Wildman–Crippen LogP) is 1.23. The lowest BCUT2D eigenvalue weighted by molar-refractivity contribution is 0.0953.